The molecule has 0 unspecified atom stereocenters. The fraction of sp³-hybridized carbons (Fsp3) is 0.550. The maximum Gasteiger partial charge on any atom is 0.410 e. The number of benzene rings is 1. The first-order chi connectivity index (χ1) is 13.5. The summed E-state index contributed by atoms with van der Waals surface area (Å²) >= 11 is 0. The molecule has 0 aliphatic carbocycles. The Kier molecular flexibility index (Phi) is 7.16. The third kappa shape index (κ3) is 6.69. The Morgan fingerprint density at radius 3 is 2.38 bits per heavy atom. The highest BCUT2D eigenvalue weighted by Gasteiger charge is 2.32. The zero-order chi connectivity index (χ0) is 21.8. The van der Waals surface area contributed by atoms with E-state index in [1.807, 2.05) is 0 Å². The van der Waals surface area contributed by atoms with Crippen LogP contribution in [0.25, 0.3) is 0 Å². The van der Waals surface area contributed by atoms with Gasteiger partial charge in [-0.3, -0.25) is 9.59 Å². The van der Waals surface area contributed by atoms with Crippen LogP contribution in [0.4, 0.5) is 19.3 Å². The van der Waals surface area contributed by atoms with Crippen LogP contribution >= 0.6 is 0 Å². The van der Waals surface area contributed by atoms with Gasteiger partial charge in [0.25, 0.3) is 5.91 Å². The second-order valence-electron chi connectivity index (χ2n) is 7.93. The van der Waals surface area contributed by atoms with Crippen LogP contribution in [0.1, 0.15) is 40.5 Å². The van der Waals surface area contributed by atoms with E-state index >= 15 is 0 Å². The van der Waals surface area contributed by atoms with Gasteiger partial charge in [0.05, 0.1) is 11.6 Å². The summed E-state index contributed by atoms with van der Waals surface area (Å²) in [6.07, 6.45) is -0.862. The molecular weight excluding hydrogens is 386 g/mol. The molecule has 2 rings (SSSR count). The second-order valence-corrected chi connectivity index (χ2v) is 7.93. The molecule has 1 atom stereocenters. The lowest BCUT2D eigenvalue weighted by atomic mass is 9.97. The van der Waals surface area contributed by atoms with Crippen molar-refractivity contribution in [2.75, 3.05) is 18.4 Å². The maximum atomic E-state index is 13.6. The quantitative estimate of drug-likeness (QED) is 0.766. The highest BCUT2D eigenvalue weighted by Crippen LogP contribution is 2.22. The van der Waals surface area contributed by atoms with E-state index < -0.39 is 47.2 Å². The summed E-state index contributed by atoms with van der Waals surface area (Å²) in [7, 11) is 0. The van der Waals surface area contributed by atoms with E-state index in [0.717, 1.165) is 18.2 Å². The van der Waals surface area contributed by atoms with Crippen LogP contribution in [-0.2, 0) is 19.1 Å². The van der Waals surface area contributed by atoms with Crippen molar-refractivity contribution >= 4 is 23.7 Å². The average molecular weight is 412 g/mol. The molecule has 9 heteroatoms. The van der Waals surface area contributed by atoms with Gasteiger partial charge in [0.2, 0.25) is 0 Å². The van der Waals surface area contributed by atoms with Crippen LogP contribution < -0.4 is 5.32 Å². The Bertz CT molecular complexity index is 771. The van der Waals surface area contributed by atoms with Crippen molar-refractivity contribution in [3.05, 3.63) is 29.8 Å². The zero-order valence-corrected chi connectivity index (χ0v) is 17.0. The summed E-state index contributed by atoms with van der Waals surface area (Å²) in [4.78, 5) is 38.0. The van der Waals surface area contributed by atoms with Crippen molar-refractivity contribution in [1.82, 2.24) is 4.90 Å². The van der Waals surface area contributed by atoms with Crippen molar-refractivity contribution in [3.63, 3.8) is 0 Å². The first-order valence-corrected chi connectivity index (χ1v) is 9.40. The van der Waals surface area contributed by atoms with Crippen LogP contribution in [0.2, 0.25) is 0 Å². The van der Waals surface area contributed by atoms with E-state index in [2.05, 4.69) is 5.32 Å². The molecule has 0 saturated carbocycles. The molecule has 1 aliphatic heterocycles. The molecule has 0 radical (unpaired) electrons. The standard InChI is InChI=1S/C20H26F2N2O5/c1-12(17(25)23-16-11-14(21)5-6-15(16)22)28-18(26)13-7-9-24(10-8-13)19(27)29-20(2,3)4/h5-6,11-13H,7-10H2,1-4H3,(H,23,25)/t12-/m0/s1. The number of hydrogen-bond acceptors (Lipinski definition) is 5. The minimum atomic E-state index is -1.19. The fourth-order valence-electron chi connectivity index (χ4n) is 2.78. The number of esters is 1. The topological polar surface area (TPSA) is 84.9 Å². The number of halogens is 2. The average Bonchev–Trinajstić information content (AvgIpc) is 2.63. The van der Waals surface area contributed by atoms with E-state index in [1.165, 1.54) is 11.8 Å². The molecule has 1 aromatic rings. The van der Waals surface area contributed by atoms with Crippen molar-refractivity contribution in [2.45, 2.75) is 52.2 Å². The SMILES string of the molecule is C[C@H](OC(=O)C1CCN(C(=O)OC(C)(C)C)CC1)C(=O)Nc1cc(F)ccc1F. The molecule has 1 N–H and O–H groups in total. The van der Waals surface area contributed by atoms with Gasteiger partial charge in [-0.05, 0) is 52.7 Å². The number of likely N-dealkylation sites (tertiary alicyclic amines) is 1. The van der Waals surface area contributed by atoms with Crippen molar-refractivity contribution in [1.29, 1.82) is 0 Å². The van der Waals surface area contributed by atoms with Gasteiger partial charge >= 0.3 is 12.1 Å². The lowest BCUT2D eigenvalue weighted by molar-refractivity contribution is -0.158. The summed E-state index contributed by atoms with van der Waals surface area (Å²) < 4.78 is 37.3. The molecule has 1 saturated heterocycles. The number of carbonyl (C=O) groups excluding carboxylic acids is 3. The molecule has 7 nitrogen and oxygen atoms in total. The van der Waals surface area contributed by atoms with Gasteiger partial charge in [0.1, 0.15) is 17.2 Å². The van der Waals surface area contributed by atoms with Gasteiger partial charge in [-0.1, -0.05) is 0 Å². The van der Waals surface area contributed by atoms with Gasteiger partial charge in [-0.25, -0.2) is 13.6 Å². The predicted octanol–water partition coefficient (Wildman–Crippen LogP) is 3.48. The summed E-state index contributed by atoms with van der Waals surface area (Å²) in [5.74, 6) is -3.31. The van der Waals surface area contributed by atoms with E-state index in [1.54, 1.807) is 20.8 Å². The molecule has 1 fully saturated rings. The Balaban J connectivity index is 1.83. The van der Waals surface area contributed by atoms with Crippen molar-refractivity contribution in [2.24, 2.45) is 5.92 Å². The number of hydrogen-bond donors (Lipinski definition) is 1. The van der Waals surface area contributed by atoms with Crippen LogP contribution in [0, 0.1) is 17.6 Å². The van der Waals surface area contributed by atoms with Gasteiger partial charge in [0, 0.05) is 19.2 Å². The third-order valence-electron chi connectivity index (χ3n) is 4.33. The molecule has 0 spiro atoms. The molecule has 2 amide bonds. The Morgan fingerprint density at radius 2 is 1.79 bits per heavy atom. The first-order valence-electron chi connectivity index (χ1n) is 9.40. The van der Waals surface area contributed by atoms with Crippen LogP contribution in [0.15, 0.2) is 18.2 Å². The largest absolute Gasteiger partial charge is 0.452 e. The number of ether oxygens (including phenoxy) is 2. The molecule has 160 valence electrons. The minimum absolute atomic E-state index is 0.330. The van der Waals surface area contributed by atoms with Crippen LogP contribution in [0.5, 0.6) is 0 Å². The lowest BCUT2D eigenvalue weighted by Crippen LogP contribution is -2.43. The Hall–Kier alpha value is -2.71. The van der Waals surface area contributed by atoms with Crippen LogP contribution in [0.3, 0.4) is 0 Å². The number of rotatable bonds is 4. The van der Waals surface area contributed by atoms with E-state index in [9.17, 15) is 23.2 Å². The molecule has 1 heterocycles. The summed E-state index contributed by atoms with van der Waals surface area (Å²) in [5, 5.41) is 2.20. The number of carbonyl (C=O) groups is 3. The van der Waals surface area contributed by atoms with Gasteiger partial charge in [-0.15, -0.1) is 0 Å². The third-order valence-corrected chi connectivity index (χ3v) is 4.33. The highest BCUT2D eigenvalue weighted by atomic mass is 19.1. The van der Waals surface area contributed by atoms with E-state index in [4.69, 9.17) is 9.47 Å². The first kappa shape index (κ1) is 22.6. The highest BCUT2D eigenvalue weighted by molar-refractivity contribution is 5.95. The molecule has 1 aromatic carbocycles. The van der Waals surface area contributed by atoms with Gasteiger partial charge in [0.15, 0.2) is 6.10 Å². The predicted molar refractivity (Wildman–Crippen MR) is 101 cm³/mol. The lowest BCUT2D eigenvalue weighted by Gasteiger charge is -2.32. The monoisotopic (exact) mass is 412 g/mol. The zero-order valence-electron chi connectivity index (χ0n) is 17.0. The van der Waals surface area contributed by atoms with E-state index in [0.29, 0.717) is 25.9 Å². The normalized spacial score (nSPS) is 16.1. The van der Waals surface area contributed by atoms with Crippen LogP contribution in [-0.4, -0.2) is 47.7 Å². The van der Waals surface area contributed by atoms with Gasteiger partial charge in [-0.2, -0.15) is 0 Å². The van der Waals surface area contributed by atoms with Crippen molar-refractivity contribution in [3.8, 4) is 0 Å². The molecule has 0 bridgehead atoms. The summed E-state index contributed by atoms with van der Waals surface area (Å²) in [5.41, 5.74) is -0.930. The van der Waals surface area contributed by atoms with E-state index in [-0.39, 0.29) is 5.69 Å². The number of piperidine rings is 1. The number of anilines is 1. The molecule has 0 aromatic heterocycles. The Morgan fingerprint density at radius 1 is 1.17 bits per heavy atom. The molecule has 1 aliphatic rings. The van der Waals surface area contributed by atoms with Crippen molar-refractivity contribution < 1.29 is 32.6 Å². The summed E-state index contributed by atoms with van der Waals surface area (Å²) in [6.45, 7) is 7.35. The number of nitrogens with one attached hydrogen (secondary N) is 1. The number of amides is 2. The summed E-state index contributed by atoms with van der Waals surface area (Å²) in [6, 6.07) is 2.66. The minimum Gasteiger partial charge on any atom is -0.452 e. The van der Waals surface area contributed by atoms with Gasteiger partial charge < -0.3 is 19.7 Å². The fourth-order valence-corrected chi connectivity index (χ4v) is 2.78. The Labute approximate surface area is 168 Å². The molecular formula is C20H26F2N2O5. The smallest absolute Gasteiger partial charge is 0.410 e. The second kappa shape index (κ2) is 9.19. The maximum absolute atomic E-state index is 13.6. The molecule has 29 heavy (non-hydrogen) atoms. The number of nitrogens with zero attached hydrogens (tertiary/aromatic N) is 1.